The van der Waals surface area contributed by atoms with Gasteiger partial charge in [-0.1, -0.05) is 44.2 Å². The Morgan fingerprint density at radius 1 is 1.03 bits per heavy atom. The van der Waals surface area contributed by atoms with Crippen LogP contribution in [0.15, 0.2) is 30.0 Å². The number of amides is 1. The Labute approximate surface area is 172 Å². The number of aliphatic hydroxyl groups excluding tert-OH is 1. The molecule has 6 nitrogen and oxygen atoms in total. The van der Waals surface area contributed by atoms with Gasteiger partial charge in [0, 0.05) is 6.42 Å². The second-order valence-corrected chi connectivity index (χ2v) is 8.18. The third-order valence-corrected chi connectivity index (χ3v) is 5.91. The van der Waals surface area contributed by atoms with Gasteiger partial charge in [-0.3, -0.25) is 4.79 Å². The second kappa shape index (κ2) is 10.4. The zero-order chi connectivity index (χ0) is 20.6. The molecule has 2 aliphatic rings. The van der Waals surface area contributed by atoms with Crippen molar-refractivity contribution in [1.29, 1.82) is 0 Å². The average Bonchev–Trinajstić information content (AvgIpc) is 3.23. The van der Waals surface area contributed by atoms with Gasteiger partial charge in [0.2, 0.25) is 5.91 Å². The molecule has 0 saturated heterocycles. The molecule has 6 heteroatoms. The first kappa shape index (κ1) is 21.4. The van der Waals surface area contributed by atoms with Crippen LogP contribution in [0.25, 0.3) is 6.08 Å². The van der Waals surface area contributed by atoms with Gasteiger partial charge in [0.25, 0.3) is 0 Å². The Morgan fingerprint density at radius 3 is 2.34 bits per heavy atom. The molecule has 1 amide bonds. The largest absolute Gasteiger partial charge is 0.488 e. The number of ether oxygens (including phenoxy) is 1. The van der Waals surface area contributed by atoms with Gasteiger partial charge in [0.15, 0.2) is 0 Å². The maximum absolute atomic E-state index is 12.2. The van der Waals surface area contributed by atoms with E-state index in [2.05, 4.69) is 5.32 Å². The summed E-state index contributed by atoms with van der Waals surface area (Å²) in [6.07, 6.45) is 10.4. The molecule has 3 N–H and O–H groups in total. The fourth-order valence-corrected chi connectivity index (χ4v) is 4.20. The summed E-state index contributed by atoms with van der Waals surface area (Å²) in [6.45, 7) is 0. The molecule has 0 bridgehead atoms. The van der Waals surface area contributed by atoms with Crippen molar-refractivity contribution < 1.29 is 24.5 Å². The first-order valence-electron chi connectivity index (χ1n) is 10.7. The number of rotatable bonds is 8. The number of benzene rings is 1. The second-order valence-electron chi connectivity index (χ2n) is 8.18. The summed E-state index contributed by atoms with van der Waals surface area (Å²) in [7, 11) is 0. The van der Waals surface area contributed by atoms with E-state index in [0.29, 0.717) is 23.7 Å². The van der Waals surface area contributed by atoms with Crippen LogP contribution in [0.1, 0.15) is 69.8 Å². The van der Waals surface area contributed by atoms with E-state index in [0.717, 1.165) is 32.1 Å². The molecule has 0 radical (unpaired) electrons. The molecule has 2 aliphatic carbocycles. The minimum atomic E-state index is -1.16. The third kappa shape index (κ3) is 6.60. The lowest BCUT2D eigenvalue weighted by Gasteiger charge is -2.28. The maximum Gasteiger partial charge on any atom is 0.352 e. The highest BCUT2D eigenvalue weighted by Crippen LogP contribution is 2.28. The van der Waals surface area contributed by atoms with E-state index in [1.807, 2.05) is 0 Å². The van der Waals surface area contributed by atoms with E-state index in [9.17, 15) is 19.8 Å². The number of carboxylic acid groups (broad SMARTS) is 1. The number of hydrogen-bond acceptors (Lipinski definition) is 4. The highest BCUT2D eigenvalue weighted by atomic mass is 16.5. The van der Waals surface area contributed by atoms with Crippen molar-refractivity contribution in [1.82, 2.24) is 5.32 Å². The van der Waals surface area contributed by atoms with Gasteiger partial charge < -0.3 is 20.3 Å². The summed E-state index contributed by atoms with van der Waals surface area (Å²) in [5.74, 6) is -0.180. The first-order chi connectivity index (χ1) is 14.0. The van der Waals surface area contributed by atoms with Crippen LogP contribution in [0.2, 0.25) is 0 Å². The monoisotopic (exact) mass is 401 g/mol. The zero-order valence-corrected chi connectivity index (χ0v) is 16.8. The highest BCUT2D eigenvalue weighted by Gasteiger charge is 2.24. The summed E-state index contributed by atoms with van der Waals surface area (Å²) in [4.78, 5) is 23.7. The van der Waals surface area contributed by atoms with Gasteiger partial charge in [-0.15, -0.1) is 0 Å². The van der Waals surface area contributed by atoms with E-state index >= 15 is 0 Å². The normalized spacial score (nSPS) is 23.0. The van der Waals surface area contributed by atoms with Gasteiger partial charge in [-0.25, -0.2) is 4.79 Å². The zero-order valence-electron chi connectivity index (χ0n) is 16.8. The quantitative estimate of drug-likeness (QED) is 0.575. The molecule has 29 heavy (non-hydrogen) atoms. The van der Waals surface area contributed by atoms with E-state index < -0.39 is 12.1 Å². The Bertz CT molecular complexity index is 721. The van der Waals surface area contributed by atoms with Crippen LogP contribution in [-0.2, 0) is 9.59 Å². The summed E-state index contributed by atoms with van der Waals surface area (Å²) in [6, 6.07) is 7.01. The van der Waals surface area contributed by atoms with Crippen molar-refractivity contribution in [3.8, 4) is 5.75 Å². The SMILES string of the molecule is O=C(CCC1CCCC1)N/C(=C/c1ccc(OC2CCCCC2O)cc1)C(=O)O. The Morgan fingerprint density at radius 2 is 1.69 bits per heavy atom. The Hall–Kier alpha value is -2.34. The number of hydrogen-bond donors (Lipinski definition) is 3. The fourth-order valence-electron chi connectivity index (χ4n) is 4.20. The number of aliphatic hydroxyl groups is 1. The summed E-state index contributed by atoms with van der Waals surface area (Å²) >= 11 is 0. The standard InChI is InChI=1S/C23H31NO5/c25-20-7-3-4-8-21(20)29-18-12-9-17(10-13-18)15-19(23(27)28)24-22(26)14-11-16-5-1-2-6-16/h9-10,12-13,15-16,20-21,25H,1-8,11,14H2,(H,24,26)(H,27,28)/b19-15+. The number of aliphatic carboxylic acids is 1. The molecule has 2 saturated carbocycles. The molecule has 2 fully saturated rings. The van der Waals surface area contributed by atoms with Gasteiger partial charge >= 0.3 is 5.97 Å². The predicted octanol–water partition coefficient (Wildman–Crippen LogP) is 3.88. The lowest BCUT2D eigenvalue weighted by molar-refractivity contribution is -0.134. The summed E-state index contributed by atoms with van der Waals surface area (Å²) in [5, 5.41) is 22.0. The van der Waals surface area contributed by atoms with Gasteiger partial charge in [-0.05, 0) is 55.4 Å². The van der Waals surface area contributed by atoms with E-state index in [1.54, 1.807) is 24.3 Å². The molecule has 2 unspecified atom stereocenters. The minimum absolute atomic E-state index is 0.127. The van der Waals surface area contributed by atoms with Gasteiger partial charge in [0.1, 0.15) is 17.6 Å². The first-order valence-corrected chi connectivity index (χ1v) is 10.7. The van der Waals surface area contributed by atoms with Crippen LogP contribution < -0.4 is 10.1 Å². The van der Waals surface area contributed by atoms with Crippen molar-refractivity contribution >= 4 is 18.0 Å². The highest BCUT2D eigenvalue weighted by molar-refractivity contribution is 5.96. The van der Waals surface area contributed by atoms with Crippen molar-refractivity contribution in [2.75, 3.05) is 0 Å². The lowest BCUT2D eigenvalue weighted by atomic mass is 9.95. The van der Waals surface area contributed by atoms with Crippen LogP contribution in [0.4, 0.5) is 0 Å². The van der Waals surface area contributed by atoms with Crippen molar-refractivity contribution in [3.63, 3.8) is 0 Å². The summed E-state index contributed by atoms with van der Waals surface area (Å²) < 4.78 is 5.86. The predicted molar refractivity (Wildman–Crippen MR) is 110 cm³/mol. The molecule has 1 aromatic carbocycles. The van der Waals surface area contributed by atoms with Crippen molar-refractivity contribution in [2.45, 2.75) is 76.4 Å². The lowest BCUT2D eigenvalue weighted by Crippen LogP contribution is -2.34. The van der Waals surface area contributed by atoms with Crippen LogP contribution >= 0.6 is 0 Å². The van der Waals surface area contributed by atoms with E-state index in [1.165, 1.54) is 31.8 Å². The molecule has 0 heterocycles. The number of carbonyl (C=O) groups is 2. The molecule has 0 aromatic heterocycles. The van der Waals surface area contributed by atoms with Crippen LogP contribution in [0, 0.1) is 5.92 Å². The summed E-state index contributed by atoms with van der Waals surface area (Å²) in [5.41, 5.74) is 0.535. The number of nitrogens with one attached hydrogen (secondary N) is 1. The molecular formula is C23H31NO5. The maximum atomic E-state index is 12.2. The van der Waals surface area contributed by atoms with Gasteiger partial charge in [0.05, 0.1) is 6.10 Å². The Kier molecular flexibility index (Phi) is 7.69. The molecule has 1 aromatic rings. The fraction of sp³-hybridized carbons (Fsp3) is 0.565. The average molecular weight is 402 g/mol. The minimum Gasteiger partial charge on any atom is -0.488 e. The topological polar surface area (TPSA) is 95.9 Å². The van der Waals surface area contributed by atoms with Crippen LogP contribution in [0.5, 0.6) is 5.75 Å². The molecule has 3 rings (SSSR count). The Balaban J connectivity index is 1.56. The van der Waals surface area contributed by atoms with Crippen LogP contribution in [-0.4, -0.2) is 34.3 Å². The van der Waals surface area contributed by atoms with Crippen LogP contribution in [0.3, 0.4) is 0 Å². The van der Waals surface area contributed by atoms with Crippen molar-refractivity contribution in [2.24, 2.45) is 5.92 Å². The number of carboxylic acids is 1. The molecule has 158 valence electrons. The van der Waals surface area contributed by atoms with E-state index in [-0.39, 0.29) is 17.7 Å². The smallest absolute Gasteiger partial charge is 0.352 e. The van der Waals surface area contributed by atoms with E-state index in [4.69, 9.17) is 4.74 Å². The number of carbonyl (C=O) groups excluding carboxylic acids is 1. The molecule has 0 spiro atoms. The third-order valence-electron chi connectivity index (χ3n) is 5.91. The van der Waals surface area contributed by atoms with Crippen molar-refractivity contribution in [3.05, 3.63) is 35.5 Å². The molecular weight excluding hydrogens is 370 g/mol. The molecule has 0 aliphatic heterocycles. The van der Waals surface area contributed by atoms with Gasteiger partial charge in [-0.2, -0.15) is 0 Å². The molecule has 2 atom stereocenters.